The van der Waals surface area contributed by atoms with Gasteiger partial charge in [0.25, 0.3) is 0 Å². The van der Waals surface area contributed by atoms with E-state index in [0.29, 0.717) is 0 Å². The minimum atomic E-state index is -5.36. The molecule has 17 heteroatoms. The number of carbonyl (C=O) groups is 1. The van der Waals surface area contributed by atoms with Crippen molar-refractivity contribution in [3.05, 3.63) is 0 Å². The molecule has 0 bridgehead atoms. The van der Waals surface area contributed by atoms with E-state index < -0.39 is 40.8 Å². The first-order valence-electron chi connectivity index (χ1n) is 2.82. The van der Waals surface area contributed by atoms with Crippen LogP contribution in [0.2, 0.25) is 0 Å². The molecule has 1 aliphatic rings. The molecular weight excluding hydrogens is 377 g/mol. The Morgan fingerprint density at radius 2 is 1.56 bits per heavy atom. The maximum absolute atomic E-state index is 9.81. The summed E-state index contributed by atoms with van der Waals surface area (Å²) in [6.45, 7) is 0. The molecule has 1 saturated heterocycles. The average molecular weight is 378 g/mol. The predicted molar refractivity (Wildman–Crippen MR) is 37.8 cm³/mol. The van der Waals surface area contributed by atoms with Crippen LogP contribution in [0.1, 0.15) is 0 Å². The Bertz CT molecular complexity index is 316. The van der Waals surface area contributed by atoms with Gasteiger partial charge in [-0.3, -0.25) is 0 Å². The van der Waals surface area contributed by atoms with Crippen molar-refractivity contribution in [2.75, 3.05) is 0 Å². The van der Waals surface area contributed by atoms with E-state index in [1.807, 2.05) is 0 Å². The second kappa shape index (κ2) is 13.1. The fourth-order valence-electron chi connectivity index (χ4n) is 0.301. The van der Waals surface area contributed by atoms with Crippen LogP contribution in [0.25, 0.3) is 0 Å². The Balaban J connectivity index is -0.000000109. The molecule has 0 amide bonds. The van der Waals surface area contributed by atoms with Crippen molar-refractivity contribution in [2.45, 2.75) is 0 Å². The molecule has 0 spiro atoms. The van der Waals surface area contributed by atoms with E-state index >= 15 is 0 Å². The summed E-state index contributed by atoms with van der Waals surface area (Å²) >= 11 is -2.93. The third-order valence-electron chi connectivity index (χ3n) is 0.581. The monoisotopic (exact) mass is 378 g/mol. The molecule has 1 rings (SSSR count). The van der Waals surface area contributed by atoms with E-state index in [1.165, 1.54) is 0 Å². The van der Waals surface area contributed by atoms with Gasteiger partial charge in [0.2, 0.25) is 0 Å². The molecule has 18 heavy (non-hydrogen) atoms. The molecule has 0 aromatic rings. The van der Waals surface area contributed by atoms with Crippen molar-refractivity contribution >= 4 is 78.5 Å². The molecule has 0 aliphatic carbocycles. The van der Waals surface area contributed by atoms with Gasteiger partial charge in [-0.2, -0.15) is 0 Å². The van der Waals surface area contributed by atoms with Crippen molar-refractivity contribution in [3.63, 3.8) is 0 Å². The summed E-state index contributed by atoms with van der Waals surface area (Å²) < 4.78 is 40.8. The first-order chi connectivity index (χ1) is 6.47. The van der Waals surface area contributed by atoms with E-state index in [1.54, 1.807) is 0 Å². The van der Waals surface area contributed by atoms with Gasteiger partial charge in [-0.1, -0.05) is 0 Å². The molecule has 1 N–H and O–H groups in total. The van der Waals surface area contributed by atoms with Gasteiger partial charge >= 0.3 is 140 Å². The molecule has 0 radical (unpaired) electrons. The zero-order valence-corrected chi connectivity index (χ0v) is 19.5. The third-order valence-corrected chi connectivity index (χ3v) is 2.92. The van der Waals surface area contributed by atoms with Crippen molar-refractivity contribution in [1.29, 1.82) is 0 Å². The number of carbonyl (C=O) groups excluding carboxylic acids is 1. The second-order valence-electron chi connectivity index (χ2n) is 1.80. The summed E-state index contributed by atoms with van der Waals surface area (Å²) in [5, 5.41) is 0. The standard InChI is InChI=1S/CH2O3.Al.Ca.K.Na.H2O4S.HO4Si/c2-1(3)4;;;;;2*1-5(2,3)4/h(H2,2,3,4);;;;;(H2,1,2,3,4);1H/q;+3;+2;2*+1;;-3/p-4. The smallest absolute Gasteiger partial charge is 0.861 e. The van der Waals surface area contributed by atoms with Gasteiger partial charge in [0, 0.05) is 0 Å². The maximum Gasteiger partial charge on any atom is 2.00 e. The molecule has 1 fully saturated rings. The molecule has 0 aromatic carbocycles. The van der Waals surface area contributed by atoms with E-state index in [0.717, 1.165) is 0 Å². The van der Waals surface area contributed by atoms with Crippen LogP contribution in [-0.2, 0) is 21.2 Å². The van der Waals surface area contributed by atoms with Crippen molar-refractivity contribution in [2.24, 2.45) is 0 Å². The normalized spacial score (nSPS) is 12.9. The second-order valence-corrected chi connectivity index (χ2v) is 5.49. The zero-order valence-electron chi connectivity index (χ0n) is 9.22. The molecule has 1 aliphatic heterocycles. The minimum absolute atomic E-state index is 0. The average Bonchev–Trinajstić information content (AvgIpc) is 1.75. The van der Waals surface area contributed by atoms with Crippen LogP contribution in [0.15, 0.2) is 0 Å². The first kappa shape index (κ1) is 29.6. The fourth-order valence-corrected chi connectivity index (χ4v) is 1.72. The van der Waals surface area contributed by atoms with Crippen molar-refractivity contribution < 1.29 is 129 Å². The van der Waals surface area contributed by atoms with Crippen LogP contribution in [0.5, 0.6) is 0 Å². The Hall–Kier alpha value is 3.63. The summed E-state index contributed by atoms with van der Waals surface area (Å²) in [6, 6.07) is 0. The number of hydrogen-bond donors (Lipinski definition) is 1. The molecule has 0 atom stereocenters. The maximum atomic E-state index is 9.81. The Labute approximate surface area is 202 Å². The summed E-state index contributed by atoms with van der Waals surface area (Å²) in [5.74, 6) is 0. The summed E-state index contributed by atoms with van der Waals surface area (Å²) in [6.07, 6.45) is -1.01. The van der Waals surface area contributed by atoms with Gasteiger partial charge < -0.3 is 34.5 Å². The molecule has 0 saturated carbocycles. The fraction of sp³-hybridized carbons (Fsp3) is 0. The summed E-state index contributed by atoms with van der Waals surface area (Å²) in [4.78, 5) is 42.9. The topological polar surface area (TPSA) is 191 Å². The third kappa shape index (κ3) is 24.6. The Morgan fingerprint density at radius 1 is 1.28 bits per heavy atom. The van der Waals surface area contributed by atoms with Crippen LogP contribution >= 0.6 is 0 Å². The largest absolute Gasteiger partial charge is 2.00 e. The van der Waals surface area contributed by atoms with E-state index in [9.17, 15) is 17.8 Å². The Morgan fingerprint density at radius 3 is 1.72 bits per heavy atom. The minimum Gasteiger partial charge on any atom is -0.861 e. The van der Waals surface area contributed by atoms with Gasteiger partial charge in [-0.05, 0) is 0 Å². The van der Waals surface area contributed by atoms with E-state index in [4.69, 9.17) is 19.2 Å². The number of hydrogen-bond acceptors (Lipinski definition) is 11. The van der Waals surface area contributed by atoms with Gasteiger partial charge in [0.1, 0.15) is 0 Å². The van der Waals surface area contributed by atoms with Crippen molar-refractivity contribution in [1.82, 2.24) is 0 Å². The van der Waals surface area contributed by atoms with Crippen LogP contribution < -0.4 is 95.3 Å². The molecule has 0 aromatic heterocycles. The molecule has 1 heterocycles. The van der Waals surface area contributed by atoms with Crippen LogP contribution in [0.3, 0.4) is 0 Å². The van der Waals surface area contributed by atoms with Gasteiger partial charge in [-0.15, -0.1) is 9.05 Å². The SMILES string of the molecule is O=C1[O][Al]([O]S(=O)(=O)[O-])[O]1.[Ca+2].[K+].[Na+].[O-][Si]([O-])([O-])O. The Kier molecular flexibility index (Phi) is 21.6. The molecule has 88 valence electrons. The number of rotatable bonds is 2. The predicted octanol–water partition coefficient (Wildman–Crippen LogP) is -12.3. The molecule has 0 unspecified atom stereocenters. The molecule has 11 nitrogen and oxygen atoms in total. The zero-order chi connectivity index (χ0) is 12.3. The van der Waals surface area contributed by atoms with Crippen molar-refractivity contribution in [3.8, 4) is 0 Å². The van der Waals surface area contributed by atoms with Crippen LogP contribution in [0.4, 0.5) is 4.79 Å². The van der Waals surface area contributed by atoms with Crippen LogP contribution in [0, 0.1) is 0 Å². The quantitative estimate of drug-likeness (QED) is 0.272. The van der Waals surface area contributed by atoms with E-state index in [2.05, 4.69) is 10.8 Å². The first-order valence-corrected chi connectivity index (χ1v) is 7.24. The van der Waals surface area contributed by atoms with Gasteiger partial charge in [0.15, 0.2) is 10.4 Å². The molecular formula is CHAlCaKNaO11SSi. The summed E-state index contributed by atoms with van der Waals surface area (Å²) in [5.41, 5.74) is 0. The van der Waals surface area contributed by atoms with Gasteiger partial charge in [0.05, 0.1) is 0 Å². The van der Waals surface area contributed by atoms with Crippen LogP contribution in [-0.4, -0.2) is 85.9 Å². The summed E-state index contributed by atoms with van der Waals surface area (Å²) in [7, 11) is -10.2. The van der Waals surface area contributed by atoms with Gasteiger partial charge in [-0.25, -0.2) is 13.2 Å². The van der Waals surface area contributed by atoms with E-state index in [-0.39, 0.29) is 119 Å².